The largest absolute Gasteiger partial charge is 0.370 e. The number of hydrogen-bond donors (Lipinski definition) is 1. The first-order valence-electron chi connectivity index (χ1n) is 9.13. The summed E-state index contributed by atoms with van der Waals surface area (Å²) in [7, 11) is 0. The van der Waals surface area contributed by atoms with Crippen LogP contribution in [0.3, 0.4) is 0 Å². The summed E-state index contributed by atoms with van der Waals surface area (Å²) >= 11 is 7.54. The number of halogens is 2. The Morgan fingerprint density at radius 2 is 2.04 bits per heavy atom. The highest BCUT2D eigenvalue weighted by molar-refractivity contribution is 7.13. The molecule has 1 aliphatic rings. The standard InChI is InChI=1S/C21H19ClFN3OS/c22-15-6-7-19(26-8-1-2-9-26)18(11-15)25-20(27)12-17-13-28-21(24-17)14-4-3-5-16(23)10-14/h3-7,10-11,13H,1-2,8-9,12H2,(H,25,27). The number of nitrogens with zero attached hydrogens (tertiary/aromatic N) is 2. The molecular weight excluding hydrogens is 397 g/mol. The number of benzene rings is 2. The first-order valence-corrected chi connectivity index (χ1v) is 10.4. The van der Waals surface area contributed by atoms with E-state index >= 15 is 0 Å². The van der Waals surface area contributed by atoms with Crippen molar-refractivity contribution in [3.63, 3.8) is 0 Å². The van der Waals surface area contributed by atoms with Crippen LogP contribution >= 0.6 is 22.9 Å². The molecule has 1 aromatic heterocycles. The summed E-state index contributed by atoms with van der Waals surface area (Å²) in [6.07, 6.45) is 2.45. The van der Waals surface area contributed by atoms with Gasteiger partial charge in [-0.2, -0.15) is 0 Å². The second kappa shape index (κ2) is 8.29. The molecule has 0 radical (unpaired) electrons. The van der Waals surface area contributed by atoms with E-state index in [1.54, 1.807) is 18.2 Å². The van der Waals surface area contributed by atoms with Crippen LogP contribution in [-0.4, -0.2) is 24.0 Å². The van der Waals surface area contributed by atoms with Crippen LogP contribution in [0.15, 0.2) is 47.8 Å². The third kappa shape index (κ3) is 4.34. The van der Waals surface area contributed by atoms with Gasteiger partial charge in [0.05, 0.1) is 23.5 Å². The van der Waals surface area contributed by atoms with Crippen molar-refractivity contribution in [1.29, 1.82) is 0 Å². The molecule has 0 spiro atoms. The number of carbonyl (C=O) groups excluding carboxylic acids is 1. The van der Waals surface area contributed by atoms with Gasteiger partial charge in [-0.1, -0.05) is 23.7 Å². The van der Waals surface area contributed by atoms with E-state index in [9.17, 15) is 9.18 Å². The van der Waals surface area contributed by atoms with Crippen molar-refractivity contribution < 1.29 is 9.18 Å². The highest BCUT2D eigenvalue weighted by atomic mass is 35.5. The maximum absolute atomic E-state index is 13.4. The number of hydrogen-bond acceptors (Lipinski definition) is 4. The lowest BCUT2D eigenvalue weighted by Crippen LogP contribution is -2.21. The maximum Gasteiger partial charge on any atom is 0.230 e. The van der Waals surface area contributed by atoms with Gasteiger partial charge in [0.2, 0.25) is 5.91 Å². The molecule has 0 bridgehead atoms. The van der Waals surface area contributed by atoms with Crippen molar-refractivity contribution in [3.05, 3.63) is 64.4 Å². The number of carbonyl (C=O) groups is 1. The minimum atomic E-state index is -0.303. The lowest BCUT2D eigenvalue weighted by atomic mass is 10.2. The summed E-state index contributed by atoms with van der Waals surface area (Å²) in [5, 5.41) is 6.09. The van der Waals surface area contributed by atoms with Crippen LogP contribution in [0, 0.1) is 5.82 Å². The molecule has 28 heavy (non-hydrogen) atoms. The number of anilines is 2. The van der Waals surface area contributed by atoms with Gasteiger partial charge in [0, 0.05) is 29.1 Å². The van der Waals surface area contributed by atoms with Gasteiger partial charge in [0.15, 0.2) is 0 Å². The monoisotopic (exact) mass is 415 g/mol. The highest BCUT2D eigenvalue weighted by Crippen LogP contribution is 2.32. The van der Waals surface area contributed by atoms with Gasteiger partial charge in [-0.25, -0.2) is 9.37 Å². The van der Waals surface area contributed by atoms with E-state index < -0.39 is 0 Å². The Balaban J connectivity index is 1.47. The van der Waals surface area contributed by atoms with Gasteiger partial charge in [-0.15, -0.1) is 11.3 Å². The molecule has 0 atom stereocenters. The van der Waals surface area contributed by atoms with Crippen molar-refractivity contribution in [2.75, 3.05) is 23.3 Å². The third-order valence-electron chi connectivity index (χ3n) is 4.64. The number of amides is 1. The molecule has 3 aromatic rings. The summed E-state index contributed by atoms with van der Waals surface area (Å²) in [6.45, 7) is 1.96. The second-order valence-corrected chi connectivity index (χ2v) is 8.03. The molecule has 0 aliphatic carbocycles. The van der Waals surface area contributed by atoms with E-state index in [0.717, 1.165) is 37.3 Å². The Kier molecular flexibility index (Phi) is 5.59. The summed E-state index contributed by atoms with van der Waals surface area (Å²) < 4.78 is 13.4. The molecule has 1 amide bonds. The number of aromatic nitrogens is 1. The molecule has 4 nitrogen and oxygen atoms in total. The molecule has 0 saturated carbocycles. The molecule has 1 N–H and O–H groups in total. The quantitative estimate of drug-likeness (QED) is 0.608. The number of thiazole rings is 1. The molecule has 144 valence electrons. The Morgan fingerprint density at radius 1 is 1.21 bits per heavy atom. The average Bonchev–Trinajstić information content (AvgIpc) is 3.34. The molecule has 1 saturated heterocycles. The Labute approximate surface area is 172 Å². The third-order valence-corrected chi connectivity index (χ3v) is 5.82. The maximum atomic E-state index is 13.4. The molecule has 1 fully saturated rings. The average molecular weight is 416 g/mol. The normalized spacial score (nSPS) is 13.7. The molecule has 1 aliphatic heterocycles. The van der Waals surface area contributed by atoms with E-state index in [-0.39, 0.29) is 18.1 Å². The lowest BCUT2D eigenvalue weighted by molar-refractivity contribution is -0.115. The molecular formula is C21H19ClFN3OS. The van der Waals surface area contributed by atoms with E-state index in [0.29, 0.717) is 21.3 Å². The predicted octanol–water partition coefficient (Wildman–Crippen LogP) is 5.38. The van der Waals surface area contributed by atoms with Gasteiger partial charge in [0.25, 0.3) is 0 Å². The molecule has 7 heteroatoms. The van der Waals surface area contributed by atoms with Crippen molar-refractivity contribution in [2.24, 2.45) is 0 Å². The smallest absolute Gasteiger partial charge is 0.230 e. The molecule has 0 unspecified atom stereocenters. The Morgan fingerprint density at radius 3 is 2.82 bits per heavy atom. The van der Waals surface area contributed by atoms with Gasteiger partial charge >= 0.3 is 0 Å². The topological polar surface area (TPSA) is 45.2 Å². The van der Waals surface area contributed by atoms with Crippen LogP contribution in [0.1, 0.15) is 18.5 Å². The first kappa shape index (κ1) is 18.9. The molecule has 2 aromatic carbocycles. The van der Waals surface area contributed by atoms with Crippen LogP contribution in [0.5, 0.6) is 0 Å². The van der Waals surface area contributed by atoms with Crippen molar-refractivity contribution in [2.45, 2.75) is 19.3 Å². The summed E-state index contributed by atoms with van der Waals surface area (Å²) in [6, 6.07) is 11.9. The molecule has 4 rings (SSSR count). The second-order valence-electron chi connectivity index (χ2n) is 6.73. The van der Waals surface area contributed by atoms with E-state index in [4.69, 9.17) is 11.6 Å². The zero-order valence-corrected chi connectivity index (χ0v) is 16.7. The van der Waals surface area contributed by atoms with Crippen molar-refractivity contribution in [3.8, 4) is 10.6 Å². The lowest BCUT2D eigenvalue weighted by Gasteiger charge is -2.21. The first-order chi connectivity index (χ1) is 13.6. The van der Waals surface area contributed by atoms with Crippen LogP contribution in [0.2, 0.25) is 5.02 Å². The summed E-state index contributed by atoms with van der Waals surface area (Å²) in [4.78, 5) is 19.3. The fraction of sp³-hybridized carbons (Fsp3) is 0.238. The van der Waals surface area contributed by atoms with Gasteiger partial charge < -0.3 is 10.2 Å². The Bertz CT molecular complexity index is 1000. The predicted molar refractivity (Wildman–Crippen MR) is 113 cm³/mol. The zero-order chi connectivity index (χ0) is 19.5. The van der Waals surface area contributed by atoms with Crippen LogP contribution in [0.4, 0.5) is 15.8 Å². The van der Waals surface area contributed by atoms with Crippen LogP contribution < -0.4 is 10.2 Å². The minimum absolute atomic E-state index is 0.151. The summed E-state index contributed by atoms with van der Waals surface area (Å²) in [5.41, 5.74) is 3.09. The van der Waals surface area contributed by atoms with E-state index in [2.05, 4.69) is 15.2 Å². The van der Waals surface area contributed by atoms with Crippen molar-refractivity contribution >= 4 is 40.2 Å². The number of rotatable bonds is 5. The number of nitrogens with one attached hydrogen (secondary N) is 1. The minimum Gasteiger partial charge on any atom is -0.370 e. The van der Waals surface area contributed by atoms with E-state index in [1.807, 2.05) is 17.5 Å². The SMILES string of the molecule is O=C(Cc1csc(-c2cccc(F)c2)n1)Nc1cc(Cl)ccc1N1CCCC1. The fourth-order valence-electron chi connectivity index (χ4n) is 3.34. The van der Waals surface area contributed by atoms with Crippen LogP contribution in [0.25, 0.3) is 10.6 Å². The molecule has 2 heterocycles. The Hall–Kier alpha value is -2.44. The van der Waals surface area contributed by atoms with Gasteiger partial charge in [-0.05, 0) is 43.2 Å². The summed E-state index contributed by atoms with van der Waals surface area (Å²) in [5.74, 6) is -0.457. The van der Waals surface area contributed by atoms with Crippen LogP contribution in [-0.2, 0) is 11.2 Å². The van der Waals surface area contributed by atoms with Gasteiger partial charge in [-0.3, -0.25) is 4.79 Å². The fourth-order valence-corrected chi connectivity index (χ4v) is 4.33. The van der Waals surface area contributed by atoms with Crippen molar-refractivity contribution in [1.82, 2.24) is 4.98 Å². The zero-order valence-electron chi connectivity index (χ0n) is 15.1. The van der Waals surface area contributed by atoms with Gasteiger partial charge in [0.1, 0.15) is 10.8 Å². The highest BCUT2D eigenvalue weighted by Gasteiger charge is 2.18. The van der Waals surface area contributed by atoms with E-state index in [1.165, 1.54) is 23.5 Å².